The zero-order chi connectivity index (χ0) is 15.0. The highest BCUT2D eigenvalue weighted by Crippen LogP contribution is 2.28. The Morgan fingerprint density at radius 2 is 2.38 bits per heavy atom. The van der Waals surface area contributed by atoms with E-state index < -0.39 is 5.91 Å². The highest BCUT2D eigenvalue weighted by Gasteiger charge is 2.21. The van der Waals surface area contributed by atoms with Gasteiger partial charge in [0.1, 0.15) is 17.6 Å². The van der Waals surface area contributed by atoms with E-state index in [1.165, 1.54) is 28.7 Å². The summed E-state index contributed by atoms with van der Waals surface area (Å²) in [7, 11) is 0. The molecule has 7 nitrogen and oxygen atoms in total. The van der Waals surface area contributed by atoms with E-state index in [-0.39, 0.29) is 12.1 Å². The standard InChI is InChI=1S/C13H17N5O2S/c1-8-3-2-4-17(5-8)13-16-11-10(21-13)12(20)18(7-15-11)6-9(14)19/h7-8H,2-6H2,1H3,(H2,14,19)/t8-/m0/s1. The number of aromatic nitrogens is 3. The Bertz CT molecular complexity index is 738. The van der Waals surface area contributed by atoms with E-state index in [0.717, 1.165) is 24.6 Å². The van der Waals surface area contributed by atoms with Crippen LogP contribution in [0.5, 0.6) is 0 Å². The summed E-state index contributed by atoms with van der Waals surface area (Å²) in [6.45, 7) is 3.97. The number of piperidine rings is 1. The van der Waals surface area contributed by atoms with Crippen LogP contribution in [0.1, 0.15) is 19.8 Å². The van der Waals surface area contributed by atoms with Crippen LogP contribution in [-0.4, -0.2) is 33.5 Å². The van der Waals surface area contributed by atoms with E-state index in [1.807, 2.05) is 0 Å². The molecule has 1 aliphatic heterocycles. The van der Waals surface area contributed by atoms with Crippen LogP contribution in [-0.2, 0) is 11.3 Å². The van der Waals surface area contributed by atoms with Crippen molar-refractivity contribution >= 4 is 32.7 Å². The first-order chi connectivity index (χ1) is 10.0. The maximum Gasteiger partial charge on any atom is 0.273 e. The molecule has 3 rings (SSSR count). The number of hydrogen-bond donors (Lipinski definition) is 1. The Morgan fingerprint density at radius 3 is 3.10 bits per heavy atom. The molecule has 0 saturated carbocycles. The van der Waals surface area contributed by atoms with Crippen LogP contribution in [0.2, 0.25) is 0 Å². The van der Waals surface area contributed by atoms with Crippen molar-refractivity contribution in [1.29, 1.82) is 0 Å². The topological polar surface area (TPSA) is 94.1 Å². The number of primary amides is 1. The molecule has 0 spiro atoms. The summed E-state index contributed by atoms with van der Waals surface area (Å²) in [5, 5.41) is 0.831. The van der Waals surface area contributed by atoms with E-state index in [4.69, 9.17) is 5.73 Å². The van der Waals surface area contributed by atoms with Gasteiger partial charge in [-0.25, -0.2) is 4.98 Å². The lowest BCUT2D eigenvalue weighted by molar-refractivity contribution is -0.118. The van der Waals surface area contributed by atoms with Crippen molar-refractivity contribution in [2.75, 3.05) is 18.0 Å². The quantitative estimate of drug-likeness (QED) is 0.895. The number of fused-ring (bicyclic) bond motifs is 1. The van der Waals surface area contributed by atoms with Crippen LogP contribution >= 0.6 is 11.3 Å². The minimum atomic E-state index is -0.562. The number of hydrogen-bond acceptors (Lipinski definition) is 6. The van der Waals surface area contributed by atoms with Gasteiger partial charge < -0.3 is 10.6 Å². The second-order valence-electron chi connectivity index (χ2n) is 5.49. The lowest BCUT2D eigenvalue weighted by atomic mass is 10.0. The fourth-order valence-corrected chi connectivity index (χ4v) is 3.62. The molecular weight excluding hydrogens is 290 g/mol. The number of carbonyl (C=O) groups excluding carboxylic acids is 1. The van der Waals surface area contributed by atoms with Crippen LogP contribution in [0, 0.1) is 5.92 Å². The first kappa shape index (κ1) is 14.0. The van der Waals surface area contributed by atoms with Gasteiger partial charge in [0.2, 0.25) is 5.91 Å². The van der Waals surface area contributed by atoms with Crippen LogP contribution in [0.25, 0.3) is 10.3 Å². The van der Waals surface area contributed by atoms with Gasteiger partial charge in [0, 0.05) is 13.1 Å². The normalized spacial score (nSPS) is 19.1. The molecule has 0 unspecified atom stereocenters. The molecule has 1 atom stereocenters. The van der Waals surface area contributed by atoms with Gasteiger partial charge in [0.15, 0.2) is 10.8 Å². The van der Waals surface area contributed by atoms with Crippen molar-refractivity contribution in [2.24, 2.45) is 11.7 Å². The summed E-state index contributed by atoms with van der Waals surface area (Å²) in [5.41, 5.74) is 5.31. The van der Waals surface area contributed by atoms with Crippen molar-refractivity contribution in [3.05, 3.63) is 16.7 Å². The van der Waals surface area contributed by atoms with Gasteiger partial charge in [-0.05, 0) is 18.8 Å². The zero-order valence-corrected chi connectivity index (χ0v) is 12.6. The van der Waals surface area contributed by atoms with E-state index in [0.29, 0.717) is 16.3 Å². The van der Waals surface area contributed by atoms with Gasteiger partial charge in [0.25, 0.3) is 5.56 Å². The van der Waals surface area contributed by atoms with Gasteiger partial charge in [-0.1, -0.05) is 18.3 Å². The predicted molar refractivity (Wildman–Crippen MR) is 81.5 cm³/mol. The van der Waals surface area contributed by atoms with Crippen LogP contribution < -0.4 is 16.2 Å². The van der Waals surface area contributed by atoms with E-state index >= 15 is 0 Å². The number of amides is 1. The van der Waals surface area contributed by atoms with Gasteiger partial charge in [-0.2, -0.15) is 4.98 Å². The summed E-state index contributed by atoms with van der Waals surface area (Å²) in [6.07, 6.45) is 3.69. The molecule has 3 heterocycles. The smallest absolute Gasteiger partial charge is 0.273 e. The van der Waals surface area contributed by atoms with Crippen molar-refractivity contribution in [3.8, 4) is 0 Å². The number of thiazole rings is 1. The van der Waals surface area contributed by atoms with Gasteiger partial charge in [-0.15, -0.1) is 0 Å². The molecule has 21 heavy (non-hydrogen) atoms. The third-order valence-electron chi connectivity index (χ3n) is 3.63. The van der Waals surface area contributed by atoms with Crippen LogP contribution in [0.3, 0.4) is 0 Å². The first-order valence-corrected chi connectivity index (χ1v) is 7.75. The molecule has 1 fully saturated rings. The summed E-state index contributed by atoms with van der Waals surface area (Å²) in [6, 6.07) is 0. The summed E-state index contributed by atoms with van der Waals surface area (Å²) in [4.78, 5) is 34.1. The van der Waals surface area contributed by atoms with Gasteiger partial charge in [-0.3, -0.25) is 14.2 Å². The molecular formula is C13H17N5O2S. The number of carbonyl (C=O) groups is 1. The first-order valence-electron chi connectivity index (χ1n) is 6.94. The fraction of sp³-hybridized carbons (Fsp3) is 0.538. The Kier molecular flexibility index (Phi) is 3.62. The zero-order valence-electron chi connectivity index (χ0n) is 11.8. The third kappa shape index (κ3) is 2.76. The largest absolute Gasteiger partial charge is 0.368 e. The van der Waals surface area contributed by atoms with Crippen molar-refractivity contribution < 1.29 is 4.79 Å². The average Bonchev–Trinajstić information content (AvgIpc) is 2.86. The number of rotatable bonds is 3. The van der Waals surface area contributed by atoms with Gasteiger partial charge in [0.05, 0.1) is 0 Å². The van der Waals surface area contributed by atoms with Crippen molar-refractivity contribution in [3.63, 3.8) is 0 Å². The molecule has 2 N–H and O–H groups in total. The molecule has 1 saturated heterocycles. The molecule has 0 aromatic carbocycles. The summed E-state index contributed by atoms with van der Waals surface area (Å²) >= 11 is 1.34. The predicted octanol–water partition coefficient (Wildman–Crippen LogP) is 0.575. The molecule has 112 valence electrons. The minimum Gasteiger partial charge on any atom is -0.368 e. The molecule has 0 aliphatic carbocycles. The average molecular weight is 307 g/mol. The molecule has 2 aromatic rings. The lowest BCUT2D eigenvalue weighted by Crippen LogP contribution is -2.34. The summed E-state index contributed by atoms with van der Waals surface area (Å²) < 4.78 is 1.71. The number of anilines is 1. The Hall–Kier alpha value is -1.96. The minimum absolute atomic E-state index is 0.157. The Labute approximate surface area is 125 Å². The number of nitrogens with two attached hydrogens (primary N) is 1. The second kappa shape index (κ2) is 5.44. The molecule has 0 radical (unpaired) electrons. The fourth-order valence-electron chi connectivity index (χ4n) is 2.61. The lowest BCUT2D eigenvalue weighted by Gasteiger charge is -2.30. The van der Waals surface area contributed by atoms with Crippen LogP contribution in [0.4, 0.5) is 5.13 Å². The molecule has 8 heteroatoms. The van der Waals surface area contributed by atoms with E-state index in [1.54, 1.807) is 0 Å². The maximum absolute atomic E-state index is 12.3. The van der Waals surface area contributed by atoms with Crippen molar-refractivity contribution in [1.82, 2.24) is 14.5 Å². The molecule has 1 amide bonds. The highest BCUT2D eigenvalue weighted by molar-refractivity contribution is 7.22. The van der Waals surface area contributed by atoms with Gasteiger partial charge >= 0.3 is 0 Å². The second-order valence-corrected chi connectivity index (χ2v) is 6.46. The number of nitrogens with zero attached hydrogens (tertiary/aromatic N) is 4. The molecule has 0 bridgehead atoms. The Morgan fingerprint density at radius 1 is 1.57 bits per heavy atom. The molecule has 2 aromatic heterocycles. The third-order valence-corrected chi connectivity index (χ3v) is 4.72. The highest BCUT2D eigenvalue weighted by atomic mass is 32.1. The maximum atomic E-state index is 12.3. The monoisotopic (exact) mass is 307 g/mol. The Balaban J connectivity index is 1.98. The van der Waals surface area contributed by atoms with E-state index in [9.17, 15) is 9.59 Å². The van der Waals surface area contributed by atoms with Crippen molar-refractivity contribution in [2.45, 2.75) is 26.3 Å². The molecule has 1 aliphatic rings. The SMILES string of the molecule is C[C@H]1CCCN(c2nc3ncn(CC(N)=O)c(=O)c3s2)C1. The van der Waals surface area contributed by atoms with Crippen LogP contribution in [0.15, 0.2) is 11.1 Å². The summed E-state index contributed by atoms with van der Waals surface area (Å²) in [5.74, 6) is 0.0677. The van der Waals surface area contributed by atoms with E-state index in [2.05, 4.69) is 21.8 Å².